The van der Waals surface area contributed by atoms with Gasteiger partial charge in [0.1, 0.15) is 19.0 Å². The lowest BCUT2D eigenvalue weighted by Crippen LogP contribution is -2.63. The number of hydrogen-bond acceptors (Lipinski definition) is 9. The largest absolute Gasteiger partial charge is 0.394 e. The van der Waals surface area contributed by atoms with Crippen molar-refractivity contribution in [3.05, 3.63) is 0 Å². The first-order valence-electron chi connectivity index (χ1n) is 7.02. The molecular formula is C12H18N4O8. The number of rotatable bonds is 4. The van der Waals surface area contributed by atoms with E-state index in [1.165, 1.54) is 0 Å². The van der Waals surface area contributed by atoms with Gasteiger partial charge in [-0.25, -0.2) is 9.59 Å². The lowest BCUT2D eigenvalue weighted by atomic mass is 10.2. The molecule has 3 atom stereocenters. The highest BCUT2D eigenvalue weighted by Gasteiger charge is 2.46. The molecule has 2 fully saturated rings. The van der Waals surface area contributed by atoms with E-state index in [1.807, 2.05) is 0 Å². The number of aliphatic hydroxyl groups excluding tert-OH is 2. The monoisotopic (exact) mass is 346 g/mol. The number of carbonyl (C=O) groups is 3. The van der Waals surface area contributed by atoms with Gasteiger partial charge in [0.25, 0.3) is 5.96 Å². The Kier molecular flexibility index (Phi) is 5.21. The van der Waals surface area contributed by atoms with Crippen LogP contribution in [0.4, 0.5) is 4.79 Å². The number of hydroxylamine groups is 4. The van der Waals surface area contributed by atoms with Crippen molar-refractivity contribution in [2.24, 2.45) is 0 Å². The summed E-state index contributed by atoms with van der Waals surface area (Å²) in [5.74, 6) is -2.28. The molecule has 0 unspecified atom stereocenters. The molecule has 134 valence electrons. The van der Waals surface area contributed by atoms with Gasteiger partial charge in [0, 0.05) is 20.3 Å². The summed E-state index contributed by atoms with van der Waals surface area (Å²) in [5, 5.41) is 27.8. The van der Waals surface area contributed by atoms with E-state index in [2.05, 4.69) is 4.84 Å². The van der Waals surface area contributed by atoms with Crippen LogP contribution in [0, 0.1) is 5.41 Å². The average Bonchev–Trinajstić information content (AvgIpc) is 2.86. The van der Waals surface area contributed by atoms with E-state index >= 15 is 0 Å². The third-order valence-corrected chi connectivity index (χ3v) is 3.32. The maximum absolute atomic E-state index is 12.4. The molecule has 0 aromatic rings. The number of aliphatic hydroxyl groups is 2. The van der Waals surface area contributed by atoms with Crippen molar-refractivity contribution >= 4 is 23.9 Å². The van der Waals surface area contributed by atoms with Crippen LogP contribution < -0.4 is 0 Å². The Morgan fingerprint density at radius 1 is 1.33 bits per heavy atom. The zero-order chi connectivity index (χ0) is 18.0. The van der Waals surface area contributed by atoms with Gasteiger partial charge in [-0.2, -0.15) is 0 Å². The molecule has 0 aliphatic carbocycles. The molecule has 0 radical (unpaired) electrons. The minimum atomic E-state index is -1.00. The molecule has 0 spiro atoms. The normalized spacial score (nSPS) is 27.5. The molecule has 12 heteroatoms. The summed E-state index contributed by atoms with van der Waals surface area (Å²) >= 11 is 0. The summed E-state index contributed by atoms with van der Waals surface area (Å²) in [6.45, 7) is 1.32. The van der Waals surface area contributed by atoms with E-state index < -0.39 is 49.0 Å². The van der Waals surface area contributed by atoms with Crippen LogP contribution in [0.1, 0.15) is 20.3 Å². The third-order valence-electron chi connectivity index (χ3n) is 3.32. The maximum atomic E-state index is 12.4. The Labute approximate surface area is 136 Å². The summed E-state index contributed by atoms with van der Waals surface area (Å²) in [4.78, 5) is 45.2. The molecule has 2 aliphatic heterocycles. The van der Waals surface area contributed by atoms with Crippen LogP contribution >= 0.6 is 0 Å². The first kappa shape index (κ1) is 17.9. The zero-order valence-electron chi connectivity index (χ0n) is 13.0. The molecule has 24 heavy (non-hydrogen) atoms. The molecule has 2 saturated heterocycles. The van der Waals surface area contributed by atoms with Gasteiger partial charge in [-0.3, -0.25) is 15.1 Å². The average molecular weight is 346 g/mol. The quantitative estimate of drug-likeness (QED) is 0.543. The molecule has 2 aliphatic rings. The standard InChI is InChI=1S/C12H18N4O8/c1-6(18)23-15-5-14(10-3-8(20)9(4-17)22-10)12(21)16(11(15)13)24-7(2)19/h8-10,13,17,20H,3-5H2,1-2H3/t8-,9+,10+/m0/s1. The highest BCUT2D eigenvalue weighted by molar-refractivity contribution is 5.96. The SMILES string of the molecule is CC(=O)ON1CN([C@H]2C[C@H](O)[C@@H](CO)O2)C(=O)N(OC(C)=O)C1=N. The smallest absolute Gasteiger partial charge is 0.364 e. The van der Waals surface area contributed by atoms with Crippen molar-refractivity contribution in [3.63, 3.8) is 0 Å². The first-order valence-corrected chi connectivity index (χ1v) is 7.02. The maximum Gasteiger partial charge on any atom is 0.364 e. The Hall–Kier alpha value is -2.44. The van der Waals surface area contributed by atoms with Gasteiger partial charge in [0.05, 0.1) is 12.7 Å². The van der Waals surface area contributed by atoms with Crippen molar-refractivity contribution in [2.75, 3.05) is 13.3 Å². The Balaban J connectivity index is 2.23. The fourth-order valence-electron chi connectivity index (χ4n) is 2.30. The van der Waals surface area contributed by atoms with Crippen LogP contribution in [0.2, 0.25) is 0 Å². The Bertz CT molecular complexity index is 555. The zero-order valence-corrected chi connectivity index (χ0v) is 13.0. The van der Waals surface area contributed by atoms with Crippen molar-refractivity contribution in [1.82, 2.24) is 15.0 Å². The molecule has 3 N–H and O–H groups in total. The Morgan fingerprint density at radius 3 is 2.46 bits per heavy atom. The van der Waals surface area contributed by atoms with Gasteiger partial charge in [-0.1, -0.05) is 5.06 Å². The first-order chi connectivity index (χ1) is 11.2. The van der Waals surface area contributed by atoms with Gasteiger partial charge in [-0.05, 0) is 0 Å². The van der Waals surface area contributed by atoms with Gasteiger partial charge in [0.2, 0.25) is 0 Å². The number of nitrogens with zero attached hydrogens (tertiary/aromatic N) is 3. The molecule has 12 nitrogen and oxygen atoms in total. The van der Waals surface area contributed by atoms with Crippen LogP contribution in [0.25, 0.3) is 0 Å². The van der Waals surface area contributed by atoms with E-state index in [-0.39, 0.29) is 13.1 Å². The number of nitrogens with one attached hydrogen (secondary N) is 1. The highest BCUT2D eigenvalue weighted by Crippen LogP contribution is 2.26. The van der Waals surface area contributed by atoms with E-state index in [0.29, 0.717) is 5.06 Å². The molecule has 0 aromatic carbocycles. The van der Waals surface area contributed by atoms with Crippen LogP contribution in [0.3, 0.4) is 0 Å². The fraction of sp³-hybridized carbons (Fsp3) is 0.667. The number of amides is 2. The van der Waals surface area contributed by atoms with Crippen molar-refractivity contribution in [2.45, 2.75) is 38.7 Å². The number of hydrogen-bond donors (Lipinski definition) is 3. The lowest BCUT2D eigenvalue weighted by Gasteiger charge is -2.41. The van der Waals surface area contributed by atoms with E-state index in [9.17, 15) is 19.5 Å². The third kappa shape index (κ3) is 3.55. The van der Waals surface area contributed by atoms with E-state index in [0.717, 1.165) is 23.8 Å². The van der Waals surface area contributed by atoms with Crippen LogP contribution in [-0.4, -0.2) is 80.9 Å². The topological polar surface area (TPSA) is 153 Å². The summed E-state index contributed by atoms with van der Waals surface area (Å²) < 4.78 is 5.37. The molecule has 2 amide bonds. The van der Waals surface area contributed by atoms with Crippen molar-refractivity contribution in [1.29, 1.82) is 5.41 Å². The highest BCUT2D eigenvalue weighted by atomic mass is 16.8. The number of ether oxygens (including phenoxy) is 1. The lowest BCUT2D eigenvalue weighted by molar-refractivity contribution is -0.205. The number of carbonyl (C=O) groups excluding carboxylic acids is 3. The fourth-order valence-corrected chi connectivity index (χ4v) is 2.30. The summed E-state index contributed by atoms with van der Waals surface area (Å²) in [5.41, 5.74) is 0. The van der Waals surface area contributed by atoms with Gasteiger partial charge in [0.15, 0.2) is 0 Å². The Morgan fingerprint density at radius 2 is 1.96 bits per heavy atom. The second-order valence-corrected chi connectivity index (χ2v) is 5.17. The van der Waals surface area contributed by atoms with Crippen LogP contribution in [0.5, 0.6) is 0 Å². The molecule has 0 saturated carbocycles. The van der Waals surface area contributed by atoms with Crippen LogP contribution in [-0.2, 0) is 24.0 Å². The number of guanidine groups is 1. The van der Waals surface area contributed by atoms with Crippen LogP contribution in [0.15, 0.2) is 0 Å². The van der Waals surface area contributed by atoms with Gasteiger partial charge >= 0.3 is 18.0 Å². The molecule has 0 aromatic heterocycles. The van der Waals surface area contributed by atoms with Gasteiger partial charge in [-0.15, -0.1) is 5.06 Å². The molecule has 2 rings (SSSR count). The van der Waals surface area contributed by atoms with Crippen molar-refractivity contribution < 1.29 is 39.0 Å². The van der Waals surface area contributed by atoms with Crippen molar-refractivity contribution in [3.8, 4) is 0 Å². The van der Waals surface area contributed by atoms with E-state index in [4.69, 9.17) is 20.1 Å². The minimum Gasteiger partial charge on any atom is -0.394 e. The second kappa shape index (κ2) is 6.98. The molecule has 2 heterocycles. The minimum absolute atomic E-state index is 0.00781. The number of urea groups is 1. The predicted molar refractivity (Wildman–Crippen MR) is 73.4 cm³/mol. The second-order valence-electron chi connectivity index (χ2n) is 5.17. The van der Waals surface area contributed by atoms with E-state index in [1.54, 1.807) is 0 Å². The summed E-state index contributed by atoms with van der Waals surface area (Å²) in [6.07, 6.45) is -2.85. The predicted octanol–water partition coefficient (Wildman–Crippen LogP) is -1.66. The molecular weight excluding hydrogens is 328 g/mol. The summed E-state index contributed by atoms with van der Waals surface area (Å²) in [6, 6.07) is -0.908. The summed E-state index contributed by atoms with van der Waals surface area (Å²) in [7, 11) is 0. The molecule has 0 bridgehead atoms. The van der Waals surface area contributed by atoms with Gasteiger partial charge < -0.3 is 24.6 Å².